The summed E-state index contributed by atoms with van der Waals surface area (Å²) in [7, 11) is 1.69. The van der Waals surface area contributed by atoms with Gasteiger partial charge in [-0.1, -0.05) is 12.1 Å². The maximum absolute atomic E-state index is 12.0. The first-order valence-electron chi connectivity index (χ1n) is 8.70. The number of halogens is 3. The molecule has 1 aliphatic carbocycles. The first kappa shape index (κ1) is 21.0. The molecule has 1 aromatic rings. The third-order valence-corrected chi connectivity index (χ3v) is 4.43. The van der Waals surface area contributed by atoms with Crippen LogP contribution in [0.5, 0.6) is 5.75 Å². The van der Waals surface area contributed by atoms with Crippen molar-refractivity contribution in [1.29, 1.82) is 0 Å². The van der Waals surface area contributed by atoms with Crippen LogP contribution in [0.1, 0.15) is 42.7 Å². The van der Waals surface area contributed by atoms with Crippen LogP contribution in [0.4, 0.5) is 13.2 Å². The molecule has 1 aliphatic heterocycles. The summed E-state index contributed by atoms with van der Waals surface area (Å²) in [5.74, 6) is -1.06. The highest BCUT2D eigenvalue weighted by molar-refractivity contribution is 5.82. The molecule has 6 nitrogen and oxygen atoms in total. The molecule has 9 heteroatoms. The number of carboxylic acid groups (broad SMARTS) is 1. The number of hydrogen-bond acceptors (Lipinski definition) is 4. The van der Waals surface area contributed by atoms with Gasteiger partial charge in [0.25, 0.3) is 0 Å². The Labute approximate surface area is 155 Å². The standard InChI is InChI=1S/C16H22N2O2.C2HF3O2/c1-20-15-9-12(11-4-5-11)6-7-13(15)10-18-16(19)14-3-2-8-17-14;3-2(4,5)1(6)7/h6-7,9,11,14,17H,2-5,8,10H2,1H3,(H,18,19);(H,6,7)/t14-;/m0./s1. The molecule has 0 spiro atoms. The van der Waals surface area contributed by atoms with Gasteiger partial charge >= 0.3 is 12.1 Å². The number of methoxy groups -OCH3 is 1. The van der Waals surface area contributed by atoms with E-state index >= 15 is 0 Å². The van der Waals surface area contributed by atoms with Crippen molar-refractivity contribution < 1.29 is 32.6 Å². The molecule has 150 valence electrons. The summed E-state index contributed by atoms with van der Waals surface area (Å²) in [6.07, 6.45) is -0.500. The van der Waals surface area contributed by atoms with Crippen molar-refractivity contribution in [2.75, 3.05) is 13.7 Å². The van der Waals surface area contributed by atoms with E-state index in [1.165, 1.54) is 18.4 Å². The molecular formula is C18H23F3N2O4. The smallest absolute Gasteiger partial charge is 0.490 e. The van der Waals surface area contributed by atoms with Crippen molar-refractivity contribution in [2.45, 2.75) is 50.4 Å². The Bertz CT molecular complexity index is 669. The van der Waals surface area contributed by atoms with Gasteiger partial charge in [0.1, 0.15) is 5.75 Å². The quantitative estimate of drug-likeness (QED) is 0.722. The molecule has 2 aliphatic rings. The highest BCUT2D eigenvalue weighted by Gasteiger charge is 2.38. The fourth-order valence-electron chi connectivity index (χ4n) is 2.79. The predicted octanol–water partition coefficient (Wildman–Crippen LogP) is 2.57. The first-order chi connectivity index (χ1) is 12.7. The fourth-order valence-corrected chi connectivity index (χ4v) is 2.79. The Morgan fingerprint density at radius 1 is 1.30 bits per heavy atom. The van der Waals surface area contributed by atoms with Crippen molar-refractivity contribution in [2.24, 2.45) is 0 Å². The van der Waals surface area contributed by atoms with Gasteiger partial charge in [0.15, 0.2) is 0 Å². The Hall–Kier alpha value is -2.29. The van der Waals surface area contributed by atoms with Gasteiger partial charge in [0.05, 0.1) is 13.2 Å². The Kier molecular flexibility index (Phi) is 7.06. The van der Waals surface area contributed by atoms with Gasteiger partial charge < -0.3 is 20.5 Å². The molecule has 1 amide bonds. The normalized spacial score (nSPS) is 19.0. The molecule has 27 heavy (non-hydrogen) atoms. The summed E-state index contributed by atoms with van der Waals surface area (Å²) < 4.78 is 37.2. The van der Waals surface area contributed by atoms with E-state index < -0.39 is 12.1 Å². The van der Waals surface area contributed by atoms with Crippen LogP contribution in [0.25, 0.3) is 0 Å². The predicted molar refractivity (Wildman–Crippen MR) is 91.5 cm³/mol. The molecule has 1 saturated carbocycles. The van der Waals surface area contributed by atoms with E-state index in [1.54, 1.807) is 7.11 Å². The van der Waals surface area contributed by atoms with E-state index in [2.05, 4.69) is 28.8 Å². The van der Waals surface area contributed by atoms with Crippen molar-refractivity contribution in [3.8, 4) is 5.75 Å². The van der Waals surface area contributed by atoms with Gasteiger partial charge in [0, 0.05) is 12.1 Å². The number of nitrogens with one attached hydrogen (secondary N) is 2. The average Bonchev–Trinajstić information content (AvgIpc) is 3.33. The molecule has 1 saturated heterocycles. The Morgan fingerprint density at radius 2 is 1.96 bits per heavy atom. The van der Waals surface area contributed by atoms with Crippen LogP contribution in [0.3, 0.4) is 0 Å². The fraction of sp³-hybridized carbons (Fsp3) is 0.556. The first-order valence-corrected chi connectivity index (χ1v) is 8.70. The summed E-state index contributed by atoms with van der Waals surface area (Å²) in [4.78, 5) is 20.9. The number of carbonyl (C=O) groups is 2. The van der Waals surface area contributed by atoms with Crippen molar-refractivity contribution in [1.82, 2.24) is 10.6 Å². The molecule has 0 unspecified atom stereocenters. The second-order valence-corrected chi connectivity index (χ2v) is 6.52. The summed E-state index contributed by atoms with van der Waals surface area (Å²) in [5.41, 5.74) is 2.40. The molecule has 3 rings (SSSR count). The van der Waals surface area contributed by atoms with Crippen LogP contribution in [0.2, 0.25) is 0 Å². The van der Waals surface area contributed by atoms with Crippen LogP contribution < -0.4 is 15.4 Å². The minimum atomic E-state index is -5.08. The second kappa shape index (κ2) is 9.07. The van der Waals surface area contributed by atoms with Gasteiger partial charge in [-0.15, -0.1) is 0 Å². The lowest BCUT2D eigenvalue weighted by Gasteiger charge is -2.14. The number of carboxylic acids is 1. The van der Waals surface area contributed by atoms with E-state index in [9.17, 15) is 18.0 Å². The number of aliphatic carboxylic acids is 1. The third kappa shape index (κ3) is 6.42. The van der Waals surface area contributed by atoms with E-state index in [0.29, 0.717) is 6.54 Å². The van der Waals surface area contributed by atoms with E-state index in [1.807, 2.05) is 0 Å². The number of rotatable bonds is 5. The minimum Gasteiger partial charge on any atom is -0.496 e. The van der Waals surface area contributed by atoms with E-state index in [4.69, 9.17) is 14.6 Å². The summed E-state index contributed by atoms with van der Waals surface area (Å²) in [5, 5.41) is 13.3. The van der Waals surface area contributed by atoms with Gasteiger partial charge in [-0.3, -0.25) is 4.79 Å². The van der Waals surface area contributed by atoms with Gasteiger partial charge in [-0.05, 0) is 49.8 Å². The zero-order valence-corrected chi connectivity index (χ0v) is 14.9. The molecule has 0 bridgehead atoms. The van der Waals surface area contributed by atoms with E-state index in [0.717, 1.165) is 36.6 Å². The van der Waals surface area contributed by atoms with Crippen LogP contribution in [0, 0.1) is 0 Å². The van der Waals surface area contributed by atoms with Gasteiger partial charge in [-0.25, -0.2) is 4.79 Å². The monoisotopic (exact) mass is 388 g/mol. The molecule has 1 atom stereocenters. The SMILES string of the molecule is COc1cc(C2CC2)ccc1CNC(=O)[C@@H]1CCCN1.O=C(O)C(F)(F)F. The summed E-state index contributed by atoms with van der Waals surface area (Å²) in [6.45, 7) is 1.47. The lowest BCUT2D eigenvalue weighted by Crippen LogP contribution is -2.40. The van der Waals surface area contributed by atoms with Crippen LogP contribution >= 0.6 is 0 Å². The molecule has 0 radical (unpaired) electrons. The second-order valence-electron chi connectivity index (χ2n) is 6.52. The molecule has 3 N–H and O–H groups in total. The highest BCUT2D eigenvalue weighted by atomic mass is 19.4. The number of carbonyl (C=O) groups excluding carboxylic acids is 1. The number of amides is 1. The Balaban J connectivity index is 0.000000321. The lowest BCUT2D eigenvalue weighted by atomic mass is 10.1. The largest absolute Gasteiger partial charge is 0.496 e. The highest BCUT2D eigenvalue weighted by Crippen LogP contribution is 2.41. The van der Waals surface area contributed by atoms with Crippen LogP contribution in [-0.4, -0.2) is 42.9 Å². The third-order valence-electron chi connectivity index (χ3n) is 4.43. The maximum atomic E-state index is 12.0. The summed E-state index contributed by atoms with van der Waals surface area (Å²) >= 11 is 0. The number of hydrogen-bond donors (Lipinski definition) is 3. The topological polar surface area (TPSA) is 87.7 Å². The Morgan fingerprint density at radius 3 is 2.44 bits per heavy atom. The maximum Gasteiger partial charge on any atom is 0.490 e. The molecule has 2 fully saturated rings. The van der Waals surface area contributed by atoms with Gasteiger partial charge in [-0.2, -0.15) is 13.2 Å². The lowest BCUT2D eigenvalue weighted by molar-refractivity contribution is -0.192. The van der Waals surface area contributed by atoms with Gasteiger partial charge in [0.2, 0.25) is 5.91 Å². The van der Waals surface area contributed by atoms with Crippen LogP contribution in [0.15, 0.2) is 18.2 Å². The number of alkyl halides is 3. The number of ether oxygens (including phenoxy) is 1. The molecule has 0 aromatic heterocycles. The molecule has 1 heterocycles. The van der Waals surface area contributed by atoms with Crippen molar-refractivity contribution in [3.05, 3.63) is 29.3 Å². The van der Waals surface area contributed by atoms with Crippen molar-refractivity contribution in [3.63, 3.8) is 0 Å². The zero-order chi connectivity index (χ0) is 20.0. The van der Waals surface area contributed by atoms with Crippen LogP contribution in [-0.2, 0) is 16.1 Å². The van der Waals surface area contributed by atoms with Crippen molar-refractivity contribution >= 4 is 11.9 Å². The molecule has 1 aromatic carbocycles. The number of benzene rings is 1. The average molecular weight is 388 g/mol. The minimum absolute atomic E-state index is 0.0215. The van der Waals surface area contributed by atoms with E-state index in [-0.39, 0.29) is 11.9 Å². The zero-order valence-electron chi connectivity index (χ0n) is 14.9. The summed E-state index contributed by atoms with van der Waals surface area (Å²) in [6, 6.07) is 6.34. The molecular weight excluding hydrogens is 365 g/mol.